The highest BCUT2D eigenvalue weighted by Crippen LogP contribution is 2.23. The molecule has 1 fully saturated rings. The van der Waals surface area contributed by atoms with E-state index in [2.05, 4.69) is 5.32 Å². The third kappa shape index (κ3) is 6.03. The average Bonchev–Trinajstić information content (AvgIpc) is 2.37. The van der Waals surface area contributed by atoms with Gasteiger partial charge >= 0.3 is 5.97 Å². The van der Waals surface area contributed by atoms with Crippen molar-refractivity contribution in [3.63, 3.8) is 0 Å². The Balaban J connectivity index is 2.04. The van der Waals surface area contributed by atoms with Crippen molar-refractivity contribution in [3.05, 3.63) is 0 Å². The Hall–Kier alpha value is -1.06. The second-order valence-electron chi connectivity index (χ2n) is 5.38. The zero-order chi connectivity index (χ0) is 13.4. The van der Waals surface area contributed by atoms with E-state index < -0.39 is 0 Å². The molecule has 0 bridgehead atoms. The van der Waals surface area contributed by atoms with Crippen LogP contribution in [0.3, 0.4) is 0 Å². The number of carbonyl (C=O) groups excluding carboxylic acids is 2. The Morgan fingerprint density at radius 3 is 2.50 bits per heavy atom. The minimum atomic E-state index is -0.204. The number of nitrogens with one attached hydrogen (secondary N) is 1. The molecule has 0 heterocycles. The number of ether oxygens (including phenoxy) is 1. The standard InChI is InChI=1S/C14H25NO3/c1-11(2)14(17)15-9-8-13(16)18-10-12-6-4-3-5-7-12/h11-12H,3-10H2,1-2H3,(H,15,17). The normalized spacial score (nSPS) is 16.6. The third-order valence-electron chi connectivity index (χ3n) is 3.36. The summed E-state index contributed by atoms with van der Waals surface area (Å²) in [5, 5.41) is 2.71. The molecule has 0 aromatic carbocycles. The molecule has 1 saturated carbocycles. The highest BCUT2D eigenvalue weighted by molar-refractivity contribution is 5.78. The van der Waals surface area contributed by atoms with Gasteiger partial charge < -0.3 is 10.1 Å². The molecule has 1 rings (SSSR count). The maximum atomic E-state index is 11.5. The Morgan fingerprint density at radius 1 is 1.22 bits per heavy atom. The first kappa shape index (κ1) is 15.0. The fourth-order valence-corrected chi connectivity index (χ4v) is 2.13. The number of rotatable bonds is 6. The van der Waals surface area contributed by atoms with E-state index in [0.717, 1.165) is 0 Å². The SMILES string of the molecule is CC(C)C(=O)NCCC(=O)OCC1CCCCC1. The lowest BCUT2D eigenvalue weighted by Gasteiger charge is -2.21. The van der Waals surface area contributed by atoms with Gasteiger partial charge in [0.2, 0.25) is 5.91 Å². The van der Waals surface area contributed by atoms with E-state index in [1.54, 1.807) is 0 Å². The summed E-state index contributed by atoms with van der Waals surface area (Å²) in [7, 11) is 0. The summed E-state index contributed by atoms with van der Waals surface area (Å²) in [6, 6.07) is 0. The van der Waals surface area contributed by atoms with Crippen molar-refractivity contribution in [1.29, 1.82) is 0 Å². The van der Waals surface area contributed by atoms with Crippen LogP contribution in [0.1, 0.15) is 52.4 Å². The second-order valence-corrected chi connectivity index (χ2v) is 5.38. The van der Waals surface area contributed by atoms with E-state index in [4.69, 9.17) is 4.74 Å². The topological polar surface area (TPSA) is 55.4 Å². The summed E-state index contributed by atoms with van der Waals surface area (Å²) in [4.78, 5) is 22.7. The van der Waals surface area contributed by atoms with Gasteiger partial charge in [-0.05, 0) is 18.8 Å². The van der Waals surface area contributed by atoms with Crippen molar-refractivity contribution in [1.82, 2.24) is 5.32 Å². The zero-order valence-corrected chi connectivity index (χ0v) is 11.5. The maximum Gasteiger partial charge on any atom is 0.307 e. The first-order valence-corrected chi connectivity index (χ1v) is 7.03. The van der Waals surface area contributed by atoms with Gasteiger partial charge in [-0.2, -0.15) is 0 Å². The van der Waals surface area contributed by atoms with Gasteiger partial charge in [-0.25, -0.2) is 0 Å². The van der Waals surface area contributed by atoms with E-state index >= 15 is 0 Å². The summed E-state index contributed by atoms with van der Waals surface area (Å²) >= 11 is 0. The molecule has 0 spiro atoms. The van der Waals surface area contributed by atoms with Crippen LogP contribution in [0.2, 0.25) is 0 Å². The Morgan fingerprint density at radius 2 is 1.89 bits per heavy atom. The molecule has 4 heteroatoms. The van der Waals surface area contributed by atoms with E-state index in [1.807, 2.05) is 13.8 Å². The molecule has 0 saturated heterocycles. The van der Waals surface area contributed by atoms with Crippen molar-refractivity contribution in [2.75, 3.05) is 13.2 Å². The van der Waals surface area contributed by atoms with Crippen LogP contribution in [-0.4, -0.2) is 25.0 Å². The predicted molar refractivity (Wildman–Crippen MR) is 70.0 cm³/mol. The molecule has 1 N–H and O–H groups in total. The van der Waals surface area contributed by atoms with E-state index in [0.29, 0.717) is 19.1 Å². The lowest BCUT2D eigenvalue weighted by atomic mass is 9.90. The van der Waals surface area contributed by atoms with Crippen LogP contribution >= 0.6 is 0 Å². The molecule has 1 aliphatic carbocycles. The minimum absolute atomic E-state index is 0.0184. The van der Waals surface area contributed by atoms with Crippen LogP contribution in [0.25, 0.3) is 0 Å². The van der Waals surface area contributed by atoms with Crippen LogP contribution in [0.5, 0.6) is 0 Å². The average molecular weight is 255 g/mol. The molecule has 104 valence electrons. The molecule has 0 unspecified atom stereocenters. The number of hydrogen-bond acceptors (Lipinski definition) is 3. The molecule has 0 radical (unpaired) electrons. The third-order valence-corrected chi connectivity index (χ3v) is 3.36. The Labute approximate surface area is 109 Å². The van der Waals surface area contributed by atoms with Gasteiger partial charge in [0, 0.05) is 12.5 Å². The van der Waals surface area contributed by atoms with Crippen LogP contribution in [-0.2, 0) is 14.3 Å². The Kier molecular flexibility index (Phi) is 6.76. The molecule has 0 aromatic heterocycles. The molecular weight excluding hydrogens is 230 g/mol. The molecular formula is C14H25NO3. The molecule has 1 aliphatic rings. The van der Waals surface area contributed by atoms with E-state index in [9.17, 15) is 9.59 Å². The van der Waals surface area contributed by atoms with Gasteiger partial charge in [0.1, 0.15) is 0 Å². The molecule has 0 atom stereocenters. The van der Waals surface area contributed by atoms with Crippen molar-refractivity contribution in [3.8, 4) is 0 Å². The smallest absolute Gasteiger partial charge is 0.307 e. The van der Waals surface area contributed by atoms with Crippen molar-refractivity contribution >= 4 is 11.9 Å². The highest BCUT2D eigenvalue weighted by atomic mass is 16.5. The number of esters is 1. The summed E-state index contributed by atoms with van der Waals surface area (Å²) in [5.74, 6) is 0.288. The van der Waals surface area contributed by atoms with E-state index in [-0.39, 0.29) is 24.2 Å². The monoisotopic (exact) mass is 255 g/mol. The zero-order valence-electron chi connectivity index (χ0n) is 11.5. The van der Waals surface area contributed by atoms with Gasteiger partial charge in [0.05, 0.1) is 13.0 Å². The summed E-state index contributed by atoms with van der Waals surface area (Å²) in [5.41, 5.74) is 0. The fraction of sp³-hybridized carbons (Fsp3) is 0.857. The van der Waals surface area contributed by atoms with Gasteiger partial charge in [-0.3, -0.25) is 9.59 Å². The maximum absolute atomic E-state index is 11.5. The highest BCUT2D eigenvalue weighted by Gasteiger charge is 2.15. The Bertz CT molecular complexity index is 270. The van der Waals surface area contributed by atoms with Gasteiger partial charge in [-0.1, -0.05) is 33.1 Å². The summed E-state index contributed by atoms with van der Waals surface area (Å²) in [6.45, 7) is 4.59. The minimum Gasteiger partial charge on any atom is -0.465 e. The largest absolute Gasteiger partial charge is 0.465 e. The molecule has 1 amide bonds. The predicted octanol–water partition coefficient (Wildman–Crippen LogP) is 2.27. The van der Waals surface area contributed by atoms with Crippen molar-refractivity contribution < 1.29 is 14.3 Å². The van der Waals surface area contributed by atoms with E-state index in [1.165, 1.54) is 32.1 Å². The lowest BCUT2D eigenvalue weighted by molar-refractivity contribution is -0.145. The van der Waals surface area contributed by atoms with Crippen molar-refractivity contribution in [2.45, 2.75) is 52.4 Å². The van der Waals surface area contributed by atoms with Crippen LogP contribution in [0.15, 0.2) is 0 Å². The number of amides is 1. The first-order chi connectivity index (χ1) is 8.59. The van der Waals surface area contributed by atoms with Gasteiger partial charge in [0.15, 0.2) is 0 Å². The molecule has 0 aromatic rings. The summed E-state index contributed by atoms with van der Waals surface area (Å²) < 4.78 is 5.23. The van der Waals surface area contributed by atoms with Crippen LogP contribution in [0, 0.1) is 11.8 Å². The van der Waals surface area contributed by atoms with Crippen LogP contribution in [0.4, 0.5) is 0 Å². The molecule has 18 heavy (non-hydrogen) atoms. The molecule has 0 aliphatic heterocycles. The second kappa shape index (κ2) is 8.11. The first-order valence-electron chi connectivity index (χ1n) is 7.03. The van der Waals surface area contributed by atoms with Crippen molar-refractivity contribution in [2.24, 2.45) is 11.8 Å². The van der Waals surface area contributed by atoms with Gasteiger partial charge in [0.25, 0.3) is 0 Å². The lowest BCUT2D eigenvalue weighted by Crippen LogP contribution is -2.30. The summed E-state index contributed by atoms with van der Waals surface area (Å²) in [6.07, 6.45) is 6.45. The quantitative estimate of drug-likeness (QED) is 0.741. The number of hydrogen-bond donors (Lipinski definition) is 1. The van der Waals surface area contributed by atoms with Crippen LogP contribution < -0.4 is 5.32 Å². The number of carbonyl (C=O) groups is 2. The molecule has 4 nitrogen and oxygen atoms in total. The van der Waals surface area contributed by atoms with Gasteiger partial charge in [-0.15, -0.1) is 0 Å². The fourth-order valence-electron chi connectivity index (χ4n) is 2.13.